The maximum atomic E-state index is 13.4. The van der Waals surface area contributed by atoms with Crippen LogP contribution >= 0.6 is 0 Å². The van der Waals surface area contributed by atoms with Gasteiger partial charge in [0.25, 0.3) is 11.8 Å². The van der Waals surface area contributed by atoms with Crippen LogP contribution in [-0.4, -0.2) is 43.9 Å². The summed E-state index contributed by atoms with van der Waals surface area (Å²) in [6.07, 6.45) is 2.09. The summed E-state index contributed by atoms with van der Waals surface area (Å²) < 4.78 is 0. The van der Waals surface area contributed by atoms with Crippen LogP contribution in [0.5, 0.6) is 0 Å². The van der Waals surface area contributed by atoms with E-state index in [9.17, 15) is 9.59 Å². The lowest BCUT2D eigenvalue weighted by Crippen LogP contribution is -2.34. The molecule has 144 valence electrons. The Kier molecular flexibility index (Phi) is 4.67. The van der Waals surface area contributed by atoms with Gasteiger partial charge in [0.05, 0.1) is 11.3 Å². The summed E-state index contributed by atoms with van der Waals surface area (Å²) in [5, 5.41) is 0. The molecule has 2 aliphatic rings. The lowest BCUT2D eigenvalue weighted by molar-refractivity contribution is -0.120. The molecule has 0 atom stereocenters. The summed E-state index contributed by atoms with van der Waals surface area (Å²) in [6, 6.07) is 15.4. The van der Waals surface area contributed by atoms with Crippen molar-refractivity contribution in [3.05, 3.63) is 65.4 Å². The van der Waals surface area contributed by atoms with Gasteiger partial charge < -0.3 is 9.80 Å². The van der Waals surface area contributed by atoms with E-state index >= 15 is 0 Å². The molecule has 2 aliphatic heterocycles. The van der Waals surface area contributed by atoms with Crippen molar-refractivity contribution in [2.75, 3.05) is 37.0 Å². The van der Waals surface area contributed by atoms with Crippen LogP contribution in [0.3, 0.4) is 0 Å². The van der Waals surface area contributed by atoms with E-state index in [1.165, 1.54) is 4.90 Å². The van der Waals surface area contributed by atoms with Crippen molar-refractivity contribution in [3.8, 4) is 0 Å². The van der Waals surface area contributed by atoms with E-state index in [0.29, 0.717) is 17.0 Å². The van der Waals surface area contributed by atoms with E-state index in [0.717, 1.165) is 42.7 Å². The summed E-state index contributed by atoms with van der Waals surface area (Å²) in [6.45, 7) is 3.65. The summed E-state index contributed by atoms with van der Waals surface area (Å²) >= 11 is 0. The van der Waals surface area contributed by atoms with Gasteiger partial charge in [0.2, 0.25) is 0 Å². The molecule has 2 heterocycles. The molecule has 0 radical (unpaired) electrons. The molecule has 0 aliphatic carbocycles. The third kappa shape index (κ3) is 3.07. The number of nitrogens with zero attached hydrogens (tertiary/aromatic N) is 3. The third-order valence-corrected chi connectivity index (χ3v) is 5.45. The third-order valence-electron chi connectivity index (χ3n) is 5.45. The molecule has 1 fully saturated rings. The number of amides is 2. The van der Waals surface area contributed by atoms with E-state index in [1.807, 2.05) is 74.4 Å². The van der Waals surface area contributed by atoms with Crippen molar-refractivity contribution in [1.82, 2.24) is 4.90 Å². The molecule has 1 saturated heterocycles. The van der Waals surface area contributed by atoms with Gasteiger partial charge in [-0.1, -0.05) is 29.8 Å². The molecule has 0 unspecified atom stereocenters. The van der Waals surface area contributed by atoms with Gasteiger partial charge in [-0.05, 0) is 49.6 Å². The average molecular weight is 375 g/mol. The highest BCUT2D eigenvalue weighted by Crippen LogP contribution is 2.36. The molecule has 0 N–H and O–H groups in total. The molecule has 5 nitrogen and oxygen atoms in total. The van der Waals surface area contributed by atoms with Crippen LogP contribution in [0, 0.1) is 6.92 Å². The zero-order valence-corrected chi connectivity index (χ0v) is 16.6. The molecular weight excluding hydrogens is 350 g/mol. The minimum absolute atomic E-state index is 0.222. The zero-order valence-electron chi connectivity index (χ0n) is 16.6. The Hall–Kier alpha value is -3.08. The summed E-state index contributed by atoms with van der Waals surface area (Å²) in [5.74, 6) is -0.464. The van der Waals surface area contributed by atoms with Crippen LogP contribution in [-0.2, 0) is 9.59 Å². The van der Waals surface area contributed by atoms with Crippen molar-refractivity contribution in [1.29, 1.82) is 0 Å². The number of anilines is 2. The first-order chi connectivity index (χ1) is 13.5. The molecule has 0 bridgehead atoms. The SMILES string of the molecule is Cc1ccc(C2=C(N3CCCC3)C(=O)N(c3ccc(N(C)C)cc3)C2=O)cc1. The summed E-state index contributed by atoms with van der Waals surface area (Å²) in [5.41, 5.74) is 4.62. The van der Waals surface area contributed by atoms with Crippen LogP contribution in [0.15, 0.2) is 54.2 Å². The average Bonchev–Trinajstić information content (AvgIpc) is 3.29. The highest BCUT2D eigenvalue weighted by molar-refractivity contribution is 6.45. The monoisotopic (exact) mass is 375 g/mol. The Morgan fingerprint density at radius 2 is 1.43 bits per heavy atom. The van der Waals surface area contributed by atoms with Crippen LogP contribution in [0.4, 0.5) is 11.4 Å². The molecule has 2 amide bonds. The summed E-state index contributed by atoms with van der Waals surface area (Å²) in [4.78, 5) is 32.1. The Morgan fingerprint density at radius 3 is 2.00 bits per heavy atom. The predicted molar refractivity (Wildman–Crippen MR) is 112 cm³/mol. The maximum absolute atomic E-state index is 13.4. The van der Waals surface area contributed by atoms with Crippen molar-refractivity contribution in [3.63, 3.8) is 0 Å². The fourth-order valence-corrected chi connectivity index (χ4v) is 3.87. The normalized spacial score (nSPS) is 17.1. The topological polar surface area (TPSA) is 43.9 Å². The van der Waals surface area contributed by atoms with Crippen LogP contribution in [0.1, 0.15) is 24.0 Å². The van der Waals surface area contributed by atoms with Gasteiger partial charge in [-0.3, -0.25) is 9.59 Å². The lowest BCUT2D eigenvalue weighted by atomic mass is 10.0. The molecule has 2 aromatic rings. The first-order valence-electron chi connectivity index (χ1n) is 9.70. The number of imide groups is 1. The Bertz CT molecular complexity index is 937. The van der Waals surface area contributed by atoms with E-state index < -0.39 is 0 Å². The minimum atomic E-state index is -0.242. The van der Waals surface area contributed by atoms with Crippen molar-refractivity contribution < 1.29 is 9.59 Å². The fraction of sp³-hybridized carbons (Fsp3) is 0.304. The molecule has 28 heavy (non-hydrogen) atoms. The van der Waals surface area contributed by atoms with Crippen LogP contribution < -0.4 is 9.80 Å². The van der Waals surface area contributed by atoms with Gasteiger partial charge in [0.1, 0.15) is 5.70 Å². The van der Waals surface area contributed by atoms with Crippen molar-refractivity contribution in [2.45, 2.75) is 19.8 Å². The molecule has 4 rings (SSSR count). The molecule has 0 aromatic heterocycles. The highest BCUT2D eigenvalue weighted by atomic mass is 16.2. The van der Waals surface area contributed by atoms with Gasteiger partial charge in [0, 0.05) is 32.9 Å². The second-order valence-electron chi connectivity index (χ2n) is 7.64. The number of hydrogen-bond donors (Lipinski definition) is 0. The second kappa shape index (κ2) is 7.15. The molecule has 0 spiro atoms. The summed E-state index contributed by atoms with van der Waals surface area (Å²) in [7, 11) is 3.92. The van der Waals surface area contributed by atoms with E-state index in [-0.39, 0.29) is 11.8 Å². The zero-order chi connectivity index (χ0) is 19.8. The molecule has 0 saturated carbocycles. The van der Waals surface area contributed by atoms with Crippen molar-refractivity contribution >= 4 is 28.8 Å². The predicted octanol–water partition coefficient (Wildman–Crippen LogP) is 3.44. The van der Waals surface area contributed by atoms with Gasteiger partial charge in [0.15, 0.2) is 0 Å². The maximum Gasteiger partial charge on any atom is 0.282 e. The van der Waals surface area contributed by atoms with Gasteiger partial charge in [-0.25, -0.2) is 4.90 Å². The number of benzene rings is 2. The van der Waals surface area contributed by atoms with Crippen LogP contribution in [0.2, 0.25) is 0 Å². The quantitative estimate of drug-likeness (QED) is 0.768. The lowest BCUT2D eigenvalue weighted by Gasteiger charge is -2.21. The number of aryl methyl sites for hydroxylation is 1. The number of carbonyl (C=O) groups is 2. The molecule has 5 heteroatoms. The minimum Gasteiger partial charge on any atom is -0.378 e. The Labute approximate surface area is 165 Å². The first-order valence-corrected chi connectivity index (χ1v) is 9.70. The van der Waals surface area contributed by atoms with Crippen molar-refractivity contribution in [2.24, 2.45) is 0 Å². The number of rotatable bonds is 4. The number of likely N-dealkylation sites (tertiary alicyclic amines) is 1. The fourth-order valence-electron chi connectivity index (χ4n) is 3.87. The molecular formula is C23H25N3O2. The van der Waals surface area contributed by atoms with Gasteiger partial charge >= 0.3 is 0 Å². The van der Waals surface area contributed by atoms with E-state index in [2.05, 4.69) is 4.90 Å². The Balaban J connectivity index is 1.77. The smallest absolute Gasteiger partial charge is 0.282 e. The standard InChI is InChI=1S/C23H25N3O2/c1-16-6-8-17(9-7-16)20-21(25-14-4-5-15-25)23(28)26(22(20)27)19-12-10-18(11-13-19)24(2)3/h6-13H,4-5,14-15H2,1-3H3. The largest absolute Gasteiger partial charge is 0.378 e. The number of hydrogen-bond acceptors (Lipinski definition) is 4. The van der Waals surface area contributed by atoms with E-state index in [1.54, 1.807) is 0 Å². The second-order valence-corrected chi connectivity index (χ2v) is 7.64. The highest BCUT2D eigenvalue weighted by Gasteiger charge is 2.42. The van der Waals surface area contributed by atoms with Gasteiger partial charge in [-0.15, -0.1) is 0 Å². The van der Waals surface area contributed by atoms with Gasteiger partial charge in [-0.2, -0.15) is 0 Å². The Morgan fingerprint density at radius 1 is 0.821 bits per heavy atom. The first kappa shape index (κ1) is 18.3. The number of carbonyl (C=O) groups excluding carboxylic acids is 2. The molecule has 2 aromatic carbocycles. The van der Waals surface area contributed by atoms with E-state index in [4.69, 9.17) is 0 Å². The van der Waals surface area contributed by atoms with Crippen LogP contribution in [0.25, 0.3) is 5.57 Å².